The number of carbonyl (C=O) groups excluding carboxylic acids is 1. The van der Waals surface area contributed by atoms with Gasteiger partial charge in [-0.3, -0.25) is 4.79 Å². The highest BCUT2D eigenvalue weighted by molar-refractivity contribution is 6.31. The number of amides is 1. The van der Waals surface area contributed by atoms with Gasteiger partial charge in [0.25, 0.3) is 5.91 Å². The lowest BCUT2D eigenvalue weighted by Gasteiger charge is -2.35. The third-order valence-corrected chi connectivity index (χ3v) is 6.84. The zero-order valence-electron chi connectivity index (χ0n) is 18.5. The van der Waals surface area contributed by atoms with Gasteiger partial charge in [-0.05, 0) is 44.4 Å². The predicted molar refractivity (Wildman–Crippen MR) is 127 cm³/mol. The summed E-state index contributed by atoms with van der Waals surface area (Å²) in [5.41, 5.74) is 15.3. The van der Waals surface area contributed by atoms with Crippen LogP contribution in [0.4, 0.5) is 11.5 Å². The molecular formula is C23H28ClN7O2. The molecule has 174 valence electrons. The average Bonchev–Trinajstić information content (AvgIpc) is 3.36. The van der Waals surface area contributed by atoms with Crippen molar-refractivity contribution in [3.05, 3.63) is 52.3 Å². The quantitative estimate of drug-likeness (QED) is 0.501. The monoisotopic (exact) mass is 469 g/mol. The van der Waals surface area contributed by atoms with Gasteiger partial charge in [-0.2, -0.15) is 5.10 Å². The van der Waals surface area contributed by atoms with E-state index in [2.05, 4.69) is 0 Å². The van der Waals surface area contributed by atoms with Crippen molar-refractivity contribution in [2.75, 3.05) is 30.3 Å². The smallest absolute Gasteiger partial charge is 0.256 e. The maximum Gasteiger partial charge on any atom is 0.256 e. The van der Waals surface area contributed by atoms with E-state index in [1.54, 1.807) is 22.7 Å². The maximum atomic E-state index is 13.4. The van der Waals surface area contributed by atoms with Crippen LogP contribution in [0.2, 0.25) is 5.02 Å². The molecule has 0 saturated carbocycles. The van der Waals surface area contributed by atoms with Crippen molar-refractivity contribution in [2.45, 2.75) is 44.4 Å². The van der Waals surface area contributed by atoms with Gasteiger partial charge in [-0.15, -0.1) is 0 Å². The van der Waals surface area contributed by atoms with Crippen molar-refractivity contribution in [2.24, 2.45) is 5.73 Å². The molecule has 3 atom stereocenters. The van der Waals surface area contributed by atoms with Crippen LogP contribution in [-0.4, -0.2) is 62.3 Å². The second-order valence-electron chi connectivity index (χ2n) is 9.00. The van der Waals surface area contributed by atoms with Crippen molar-refractivity contribution in [1.82, 2.24) is 19.5 Å². The Morgan fingerprint density at radius 1 is 1.24 bits per heavy atom. The van der Waals surface area contributed by atoms with Gasteiger partial charge in [0.1, 0.15) is 5.82 Å². The zero-order chi connectivity index (χ0) is 23.3. The molecule has 0 bridgehead atoms. The number of aliphatic hydroxyl groups excluding tert-OH is 1. The fraction of sp³-hybridized carbons (Fsp3) is 0.435. The van der Waals surface area contributed by atoms with E-state index in [-0.39, 0.29) is 18.0 Å². The van der Waals surface area contributed by atoms with Crippen molar-refractivity contribution in [3.63, 3.8) is 0 Å². The number of aryl methyl sites for hydroxylation is 1. The first kappa shape index (κ1) is 21.9. The molecule has 5 N–H and O–H groups in total. The molecule has 3 unspecified atom stereocenters. The Balaban J connectivity index is 1.48. The van der Waals surface area contributed by atoms with Crippen molar-refractivity contribution >= 4 is 34.7 Å². The number of nitrogen functional groups attached to an aromatic ring is 1. The first-order valence-electron chi connectivity index (χ1n) is 11.2. The van der Waals surface area contributed by atoms with Crippen LogP contribution in [0.25, 0.3) is 5.65 Å². The van der Waals surface area contributed by atoms with Crippen LogP contribution in [0.3, 0.4) is 0 Å². The Morgan fingerprint density at radius 3 is 2.82 bits per heavy atom. The minimum atomic E-state index is -0.566. The number of hydrogen-bond donors (Lipinski definition) is 3. The summed E-state index contributed by atoms with van der Waals surface area (Å²) in [6.45, 7) is 3.61. The van der Waals surface area contributed by atoms with Gasteiger partial charge in [0, 0.05) is 54.2 Å². The topological polar surface area (TPSA) is 126 Å². The second-order valence-corrected chi connectivity index (χ2v) is 9.43. The average molecular weight is 470 g/mol. The van der Waals surface area contributed by atoms with Gasteiger partial charge in [-0.1, -0.05) is 11.6 Å². The SMILES string of the molecule is Cc1cn2nc(C3CCCCN3C(=O)c3cc(Cl)ccc3N)cc2nc1N1CC(N)C(O)C1. The number of fused-ring (bicyclic) bond motifs is 1. The normalized spacial score (nSPS) is 23.5. The molecule has 4 heterocycles. The van der Waals surface area contributed by atoms with E-state index in [1.165, 1.54) is 0 Å². The molecule has 2 aromatic heterocycles. The molecule has 0 radical (unpaired) electrons. The van der Waals surface area contributed by atoms with Gasteiger partial charge < -0.3 is 26.4 Å². The number of halogens is 1. The van der Waals surface area contributed by atoms with Gasteiger partial charge in [0.15, 0.2) is 5.65 Å². The number of piperidine rings is 1. The fourth-order valence-electron chi connectivity index (χ4n) is 4.84. The van der Waals surface area contributed by atoms with Gasteiger partial charge in [0.2, 0.25) is 0 Å². The summed E-state index contributed by atoms with van der Waals surface area (Å²) in [5, 5.41) is 15.3. The first-order chi connectivity index (χ1) is 15.8. The number of anilines is 2. The minimum absolute atomic E-state index is 0.137. The maximum absolute atomic E-state index is 13.4. The Kier molecular flexibility index (Phi) is 5.64. The third kappa shape index (κ3) is 4.01. The molecule has 2 saturated heterocycles. The van der Waals surface area contributed by atoms with E-state index in [0.717, 1.165) is 36.3 Å². The van der Waals surface area contributed by atoms with E-state index in [4.69, 9.17) is 33.2 Å². The van der Waals surface area contributed by atoms with Crippen LogP contribution in [0.15, 0.2) is 30.5 Å². The molecule has 0 aliphatic carbocycles. The summed E-state index contributed by atoms with van der Waals surface area (Å²) in [7, 11) is 0. The van der Waals surface area contributed by atoms with Crippen LogP contribution < -0.4 is 16.4 Å². The molecule has 10 heteroatoms. The van der Waals surface area contributed by atoms with Crippen LogP contribution in [0, 0.1) is 6.92 Å². The molecule has 0 spiro atoms. The van der Waals surface area contributed by atoms with Crippen molar-refractivity contribution in [3.8, 4) is 0 Å². The van der Waals surface area contributed by atoms with Crippen molar-refractivity contribution < 1.29 is 9.90 Å². The van der Waals surface area contributed by atoms with Crippen LogP contribution in [0.5, 0.6) is 0 Å². The number of likely N-dealkylation sites (tertiary alicyclic amines) is 1. The van der Waals surface area contributed by atoms with Crippen LogP contribution >= 0.6 is 11.6 Å². The summed E-state index contributed by atoms with van der Waals surface area (Å²) >= 11 is 6.13. The van der Waals surface area contributed by atoms with Gasteiger partial charge in [0.05, 0.1) is 23.4 Å². The highest BCUT2D eigenvalue weighted by Gasteiger charge is 2.33. The Hall–Kier alpha value is -2.88. The summed E-state index contributed by atoms with van der Waals surface area (Å²) < 4.78 is 1.76. The largest absolute Gasteiger partial charge is 0.398 e. The number of aliphatic hydroxyl groups is 1. The van der Waals surface area contributed by atoms with Gasteiger partial charge in [-0.25, -0.2) is 9.50 Å². The van der Waals surface area contributed by atoms with E-state index in [9.17, 15) is 9.90 Å². The molecule has 2 aliphatic heterocycles. The molecule has 33 heavy (non-hydrogen) atoms. The summed E-state index contributed by atoms with van der Waals surface area (Å²) in [6.07, 6.45) is 4.11. The highest BCUT2D eigenvalue weighted by atomic mass is 35.5. The molecule has 3 aromatic rings. The summed E-state index contributed by atoms with van der Waals surface area (Å²) in [6, 6.07) is 6.45. The Bertz CT molecular complexity index is 1200. The number of β-amino-alcohol motifs (C(OH)–C–C–N with tert-alkyl or cyclic N) is 1. The second kappa shape index (κ2) is 8.48. The number of aromatic nitrogens is 3. The molecule has 5 rings (SSSR count). The van der Waals surface area contributed by atoms with E-state index >= 15 is 0 Å². The first-order valence-corrected chi connectivity index (χ1v) is 11.6. The summed E-state index contributed by atoms with van der Waals surface area (Å²) in [4.78, 5) is 22.1. The minimum Gasteiger partial charge on any atom is -0.398 e. The number of nitrogens with zero attached hydrogens (tertiary/aromatic N) is 5. The Morgan fingerprint density at radius 2 is 2.06 bits per heavy atom. The Labute approximate surface area is 196 Å². The molecule has 2 fully saturated rings. The number of nitrogens with two attached hydrogens (primary N) is 2. The van der Waals surface area contributed by atoms with Crippen LogP contribution in [0.1, 0.15) is 46.9 Å². The van der Waals surface area contributed by atoms with Crippen LogP contribution in [-0.2, 0) is 0 Å². The van der Waals surface area contributed by atoms with Gasteiger partial charge >= 0.3 is 0 Å². The highest BCUT2D eigenvalue weighted by Crippen LogP contribution is 2.34. The summed E-state index contributed by atoms with van der Waals surface area (Å²) in [5.74, 6) is 0.658. The van der Waals surface area contributed by atoms with Crippen molar-refractivity contribution in [1.29, 1.82) is 0 Å². The lowest BCUT2D eigenvalue weighted by atomic mass is 9.98. The number of benzene rings is 1. The number of carbonyl (C=O) groups is 1. The zero-order valence-corrected chi connectivity index (χ0v) is 19.2. The molecular weight excluding hydrogens is 442 g/mol. The number of rotatable bonds is 3. The van der Waals surface area contributed by atoms with E-state index in [1.807, 2.05) is 29.0 Å². The fourth-order valence-corrected chi connectivity index (χ4v) is 5.01. The molecule has 2 aliphatic rings. The molecule has 1 aromatic carbocycles. The molecule has 9 nitrogen and oxygen atoms in total. The molecule has 1 amide bonds. The van der Waals surface area contributed by atoms with E-state index in [0.29, 0.717) is 41.6 Å². The standard InChI is InChI=1S/C23H28ClN7O2/c1-13-10-31-21(27-22(13)29-11-17(26)20(32)12-29)9-18(28-31)19-4-2-3-7-30(19)23(33)15-8-14(24)5-6-16(15)25/h5-6,8-10,17,19-20,32H,2-4,7,11-12,25-26H2,1H3. The lowest BCUT2D eigenvalue weighted by molar-refractivity contribution is 0.0607. The third-order valence-electron chi connectivity index (χ3n) is 6.61. The lowest BCUT2D eigenvalue weighted by Crippen LogP contribution is -2.39. The predicted octanol–water partition coefficient (Wildman–Crippen LogP) is 2.15. The van der Waals surface area contributed by atoms with E-state index < -0.39 is 6.10 Å². The number of hydrogen-bond acceptors (Lipinski definition) is 7.